The van der Waals surface area contributed by atoms with E-state index in [1.165, 1.54) is 11.3 Å². The molecule has 1 fully saturated rings. The summed E-state index contributed by atoms with van der Waals surface area (Å²) < 4.78 is 27.8. The summed E-state index contributed by atoms with van der Waals surface area (Å²) in [5.74, 6) is 0. The number of halogens is 2. The molecule has 2 heterocycles. The third-order valence-corrected chi connectivity index (χ3v) is 7.44. The summed E-state index contributed by atoms with van der Waals surface area (Å²) in [6.45, 7) is 5.80. The van der Waals surface area contributed by atoms with Crippen molar-refractivity contribution in [3.05, 3.63) is 15.4 Å². The van der Waals surface area contributed by atoms with Gasteiger partial charge >= 0.3 is 0 Å². The predicted molar refractivity (Wildman–Crippen MR) is 80.2 cm³/mol. The molecule has 1 atom stereocenters. The Morgan fingerprint density at radius 1 is 1.56 bits per heavy atom. The van der Waals surface area contributed by atoms with Gasteiger partial charge in [-0.15, -0.1) is 23.7 Å². The van der Waals surface area contributed by atoms with Gasteiger partial charge < -0.3 is 5.32 Å². The van der Waals surface area contributed by atoms with Crippen molar-refractivity contribution in [3.8, 4) is 0 Å². The molecule has 1 unspecified atom stereocenters. The minimum atomic E-state index is -3.33. The Morgan fingerprint density at radius 2 is 2.22 bits per heavy atom. The van der Waals surface area contributed by atoms with E-state index in [9.17, 15) is 8.42 Å². The first-order valence-electron chi connectivity index (χ1n) is 5.41. The van der Waals surface area contributed by atoms with Gasteiger partial charge in [0.2, 0.25) is 0 Å². The van der Waals surface area contributed by atoms with Gasteiger partial charge in [-0.3, -0.25) is 0 Å². The van der Waals surface area contributed by atoms with E-state index in [0.29, 0.717) is 17.3 Å². The summed E-state index contributed by atoms with van der Waals surface area (Å²) in [6, 6.07) is 1.74. The highest BCUT2D eigenvalue weighted by molar-refractivity contribution is 9.11. The zero-order valence-electron chi connectivity index (χ0n) is 10.1. The third-order valence-electron chi connectivity index (χ3n) is 2.84. The van der Waals surface area contributed by atoms with Crippen molar-refractivity contribution in [2.75, 3.05) is 19.6 Å². The van der Waals surface area contributed by atoms with E-state index in [-0.39, 0.29) is 18.4 Å². The number of piperazine rings is 1. The zero-order chi connectivity index (χ0) is 12.6. The average Bonchev–Trinajstić information content (AvgIpc) is 2.60. The van der Waals surface area contributed by atoms with Crippen LogP contribution in [-0.4, -0.2) is 38.4 Å². The van der Waals surface area contributed by atoms with Crippen LogP contribution in [0.2, 0.25) is 0 Å². The molecule has 1 aromatic rings. The molecule has 8 heteroatoms. The first kappa shape index (κ1) is 16.4. The van der Waals surface area contributed by atoms with Crippen LogP contribution in [0.5, 0.6) is 0 Å². The van der Waals surface area contributed by atoms with Crippen LogP contribution < -0.4 is 5.32 Å². The molecule has 2 rings (SSSR count). The Hall–Kier alpha value is 0.340. The smallest absolute Gasteiger partial charge is 0.252 e. The predicted octanol–water partition coefficient (Wildman–Crippen LogP) is 2.22. The first-order chi connectivity index (χ1) is 7.93. The van der Waals surface area contributed by atoms with Crippen molar-refractivity contribution in [1.29, 1.82) is 0 Å². The largest absolute Gasteiger partial charge is 0.314 e. The van der Waals surface area contributed by atoms with Gasteiger partial charge in [0.15, 0.2) is 0 Å². The molecule has 0 radical (unpaired) electrons. The molecule has 0 spiro atoms. The minimum absolute atomic E-state index is 0. The van der Waals surface area contributed by atoms with Crippen LogP contribution in [0.1, 0.15) is 12.5 Å². The summed E-state index contributed by atoms with van der Waals surface area (Å²) >= 11 is 4.65. The lowest BCUT2D eigenvalue weighted by molar-refractivity contribution is 0.284. The summed E-state index contributed by atoms with van der Waals surface area (Å²) in [7, 11) is -3.33. The van der Waals surface area contributed by atoms with E-state index in [0.717, 1.165) is 15.9 Å². The Kier molecular flexibility index (Phi) is 5.64. The van der Waals surface area contributed by atoms with Crippen molar-refractivity contribution in [2.45, 2.75) is 24.1 Å². The first-order valence-corrected chi connectivity index (χ1v) is 8.46. The van der Waals surface area contributed by atoms with Crippen LogP contribution in [0.15, 0.2) is 14.1 Å². The monoisotopic (exact) mass is 374 g/mol. The van der Waals surface area contributed by atoms with Crippen molar-refractivity contribution in [3.63, 3.8) is 0 Å². The van der Waals surface area contributed by atoms with Crippen LogP contribution in [0, 0.1) is 6.92 Å². The van der Waals surface area contributed by atoms with Crippen molar-refractivity contribution in [1.82, 2.24) is 9.62 Å². The minimum Gasteiger partial charge on any atom is -0.314 e. The van der Waals surface area contributed by atoms with E-state index >= 15 is 0 Å². The lowest BCUT2D eigenvalue weighted by atomic mass is 10.3. The highest BCUT2D eigenvalue weighted by atomic mass is 79.9. The van der Waals surface area contributed by atoms with Gasteiger partial charge in [-0.2, -0.15) is 4.31 Å². The molecule has 4 nitrogen and oxygen atoms in total. The number of hydrogen-bond acceptors (Lipinski definition) is 4. The molecule has 0 bridgehead atoms. The Balaban J connectivity index is 0.00000162. The second-order valence-electron chi connectivity index (χ2n) is 4.19. The van der Waals surface area contributed by atoms with Crippen LogP contribution in [0.4, 0.5) is 0 Å². The Morgan fingerprint density at radius 3 is 2.72 bits per heavy atom. The van der Waals surface area contributed by atoms with Crippen LogP contribution in [0.3, 0.4) is 0 Å². The number of nitrogens with one attached hydrogen (secondary N) is 1. The third kappa shape index (κ3) is 3.08. The molecule has 0 aliphatic carbocycles. The molecule has 0 aromatic carbocycles. The number of sulfonamides is 1. The number of nitrogens with zero attached hydrogens (tertiary/aromatic N) is 1. The number of hydrogen-bond donors (Lipinski definition) is 1. The van der Waals surface area contributed by atoms with E-state index in [1.54, 1.807) is 10.4 Å². The molecule has 104 valence electrons. The van der Waals surface area contributed by atoms with Crippen LogP contribution in [-0.2, 0) is 10.0 Å². The maximum absolute atomic E-state index is 12.5. The molecule has 1 N–H and O–H groups in total. The summed E-state index contributed by atoms with van der Waals surface area (Å²) in [4.78, 5) is 0. The average molecular weight is 376 g/mol. The zero-order valence-corrected chi connectivity index (χ0v) is 14.2. The van der Waals surface area contributed by atoms with E-state index in [4.69, 9.17) is 0 Å². The van der Waals surface area contributed by atoms with Crippen molar-refractivity contribution < 1.29 is 8.42 Å². The van der Waals surface area contributed by atoms with Gasteiger partial charge in [-0.25, -0.2) is 8.42 Å². The van der Waals surface area contributed by atoms with Crippen molar-refractivity contribution in [2.24, 2.45) is 0 Å². The van der Waals surface area contributed by atoms with Gasteiger partial charge in [0, 0.05) is 25.7 Å². The molecular formula is C10H16BrClN2O2S2. The van der Waals surface area contributed by atoms with Gasteiger partial charge in [0.05, 0.1) is 3.79 Å². The second-order valence-corrected chi connectivity index (χ2v) is 8.68. The fraction of sp³-hybridized carbons (Fsp3) is 0.600. The summed E-state index contributed by atoms with van der Waals surface area (Å²) in [6.07, 6.45) is 0. The summed E-state index contributed by atoms with van der Waals surface area (Å²) in [5.41, 5.74) is 0.969. The topological polar surface area (TPSA) is 49.4 Å². The summed E-state index contributed by atoms with van der Waals surface area (Å²) in [5, 5.41) is 3.19. The van der Waals surface area contributed by atoms with Gasteiger partial charge in [-0.1, -0.05) is 0 Å². The van der Waals surface area contributed by atoms with Crippen molar-refractivity contribution >= 4 is 49.7 Å². The maximum Gasteiger partial charge on any atom is 0.252 e. The Bertz CT molecular complexity index is 498. The van der Waals surface area contributed by atoms with Gasteiger partial charge in [0.1, 0.15) is 4.21 Å². The number of thiophene rings is 1. The highest BCUT2D eigenvalue weighted by Crippen LogP contribution is 2.33. The molecule has 18 heavy (non-hydrogen) atoms. The van der Waals surface area contributed by atoms with Gasteiger partial charge in [0.25, 0.3) is 10.0 Å². The Labute approximate surface area is 126 Å². The lowest BCUT2D eigenvalue weighted by Gasteiger charge is -2.32. The van der Waals surface area contributed by atoms with E-state index < -0.39 is 10.0 Å². The van der Waals surface area contributed by atoms with E-state index in [2.05, 4.69) is 21.2 Å². The number of aryl methyl sites for hydroxylation is 1. The molecule has 1 aromatic heterocycles. The molecule has 1 saturated heterocycles. The van der Waals surface area contributed by atoms with Crippen LogP contribution >= 0.6 is 39.7 Å². The van der Waals surface area contributed by atoms with Gasteiger partial charge in [-0.05, 0) is 41.4 Å². The van der Waals surface area contributed by atoms with E-state index in [1.807, 2.05) is 13.8 Å². The maximum atomic E-state index is 12.5. The standard InChI is InChI=1S/C10H15BrN2O2S2.ClH/c1-7-5-9(16-10(7)11)17(14,15)13-4-3-12-6-8(13)2;/h5,8,12H,3-4,6H2,1-2H3;1H. The molecule has 0 amide bonds. The normalized spacial score (nSPS) is 21.6. The molecule has 1 aliphatic rings. The molecular weight excluding hydrogens is 360 g/mol. The molecule has 1 aliphatic heterocycles. The lowest BCUT2D eigenvalue weighted by Crippen LogP contribution is -2.51. The van der Waals surface area contributed by atoms with Crippen LogP contribution in [0.25, 0.3) is 0 Å². The fourth-order valence-corrected chi connectivity index (χ4v) is 5.84. The fourth-order valence-electron chi connectivity index (χ4n) is 1.85. The quantitative estimate of drug-likeness (QED) is 0.862. The highest BCUT2D eigenvalue weighted by Gasteiger charge is 2.32. The number of rotatable bonds is 2. The SMILES string of the molecule is Cc1cc(S(=O)(=O)N2CCNCC2C)sc1Br.Cl. The molecule has 0 saturated carbocycles. The second kappa shape index (κ2) is 6.19.